The minimum atomic E-state index is -0.0844. The molecular weight excluding hydrogens is 246 g/mol. The van der Waals surface area contributed by atoms with Crippen LogP contribution in [0.3, 0.4) is 0 Å². The van der Waals surface area contributed by atoms with E-state index in [0.717, 1.165) is 39.1 Å². The fourth-order valence-corrected chi connectivity index (χ4v) is 2.26. The van der Waals surface area contributed by atoms with Gasteiger partial charge in [-0.3, -0.25) is 14.6 Å². The highest BCUT2D eigenvalue weighted by molar-refractivity contribution is 5.81. The number of rotatable bonds is 8. The third-order valence-corrected chi connectivity index (χ3v) is 3.57. The summed E-state index contributed by atoms with van der Waals surface area (Å²) >= 11 is 0. The van der Waals surface area contributed by atoms with E-state index in [4.69, 9.17) is 9.84 Å². The molecule has 0 radical (unpaired) electrons. The van der Waals surface area contributed by atoms with Gasteiger partial charge in [0.05, 0.1) is 12.6 Å². The number of aliphatic hydroxyl groups excluding tert-OH is 1. The first-order valence-corrected chi connectivity index (χ1v) is 7.03. The summed E-state index contributed by atoms with van der Waals surface area (Å²) in [5.74, 6) is 0.0895. The maximum Gasteiger partial charge on any atom is 0.237 e. The predicted molar refractivity (Wildman–Crippen MR) is 74.1 cm³/mol. The minimum absolute atomic E-state index is 0.0844. The van der Waals surface area contributed by atoms with Crippen LogP contribution in [0.15, 0.2) is 0 Å². The van der Waals surface area contributed by atoms with Gasteiger partial charge in [0.1, 0.15) is 0 Å². The van der Waals surface area contributed by atoms with Gasteiger partial charge in [-0.2, -0.15) is 0 Å². The number of hydrogen-bond donors (Lipinski definition) is 2. The smallest absolute Gasteiger partial charge is 0.237 e. The number of amides is 1. The van der Waals surface area contributed by atoms with Crippen LogP contribution < -0.4 is 5.32 Å². The molecule has 1 amide bonds. The highest BCUT2D eigenvalue weighted by Crippen LogP contribution is 2.06. The lowest BCUT2D eigenvalue weighted by Crippen LogP contribution is -2.54. The molecular formula is C13H27N3O3. The molecule has 1 unspecified atom stereocenters. The molecule has 0 aromatic heterocycles. The maximum atomic E-state index is 12.0. The molecule has 6 nitrogen and oxygen atoms in total. The summed E-state index contributed by atoms with van der Waals surface area (Å²) in [6.45, 7) is 7.83. The number of nitrogens with one attached hydrogen (secondary N) is 1. The van der Waals surface area contributed by atoms with Crippen molar-refractivity contribution in [3.05, 3.63) is 0 Å². The molecule has 0 aromatic carbocycles. The quantitative estimate of drug-likeness (QED) is 0.563. The van der Waals surface area contributed by atoms with E-state index in [9.17, 15) is 4.79 Å². The summed E-state index contributed by atoms with van der Waals surface area (Å²) in [6, 6.07) is -0.0844. The Morgan fingerprint density at radius 2 is 2.05 bits per heavy atom. The number of methoxy groups -OCH3 is 1. The molecule has 6 heteroatoms. The molecule has 1 atom stereocenters. The van der Waals surface area contributed by atoms with Crippen LogP contribution in [0.1, 0.15) is 13.3 Å². The fraction of sp³-hybridized carbons (Fsp3) is 0.923. The SMILES string of the molecule is COCCCNC(=O)C(C)N1CCN(CCO)CC1. The standard InChI is InChI=1S/C13H27N3O3/c1-12(13(18)14-4-3-11-19-2)16-7-5-15(6-8-16)9-10-17/h12,17H,3-11H2,1-2H3,(H,14,18). The van der Waals surface area contributed by atoms with E-state index in [-0.39, 0.29) is 18.6 Å². The fourth-order valence-electron chi connectivity index (χ4n) is 2.26. The molecule has 19 heavy (non-hydrogen) atoms. The van der Waals surface area contributed by atoms with Crippen LogP contribution in [-0.4, -0.2) is 86.4 Å². The monoisotopic (exact) mass is 273 g/mol. The highest BCUT2D eigenvalue weighted by Gasteiger charge is 2.24. The van der Waals surface area contributed by atoms with Crippen molar-refractivity contribution in [3.8, 4) is 0 Å². The Kier molecular flexibility index (Phi) is 7.97. The molecule has 0 aliphatic carbocycles. The van der Waals surface area contributed by atoms with Gasteiger partial charge < -0.3 is 15.2 Å². The highest BCUT2D eigenvalue weighted by atomic mass is 16.5. The van der Waals surface area contributed by atoms with Crippen LogP contribution in [0.4, 0.5) is 0 Å². The van der Waals surface area contributed by atoms with Gasteiger partial charge in [-0.05, 0) is 13.3 Å². The number of β-amino-alcohol motifs (C(OH)–C–C–N with tert-alkyl or cyclic N) is 1. The van der Waals surface area contributed by atoms with Crippen LogP contribution in [0.5, 0.6) is 0 Å². The van der Waals surface area contributed by atoms with E-state index in [0.29, 0.717) is 13.2 Å². The Balaban J connectivity index is 2.22. The first-order chi connectivity index (χ1) is 9.19. The molecule has 0 saturated carbocycles. The van der Waals surface area contributed by atoms with E-state index in [1.807, 2.05) is 6.92 Å². The molecule has 1 saturated heterocycles. The molecule has 0 bridgehead atoms. The molecule has 112 valence electrons. The van der Waals surface area contributed by atoms with Crippen LogP contribution in [-0.2, 0) is 9.53 Å². The van der Waals surface area contributed by atoms with Crippen LogP contribution in [0, 0.1) is 0 Å². The summed E-state index contributed by atoms with van der Waals surface area (Å²) in [5.41, 5.74) is 0. The zero-order valence-electron chi connectivity index (χ0n) is 12.1. The summed E-state index contributed by atoms with van der Waals surface area (Å²) in [7, 11) is 1.66. The molecule has 0 spiro atoms. The van der Waals surface area contributed by atoms with Crippen molar-refractivity contribution < 1.29 is 14.6 Å². The van der Waals surface area contributed by atoms with Crippen molar-refractivity contribution in [2.75, 3.05) is 59.6 Å². The van der Waals surface area contributed by atoms with Crippen molar-refractivity contribution in [1.29, 1.82) is 0 Å². The molecule has 1 fully saturated rings. The van der Waals surface area contributed by atoms with Gasteiger partial charge in [0.2, 0.25) is 5.91 Å². The summed E-state index contributed by atoms with van der Waals surface area (Å²) in [5, 5.41) is 11.8. The van der Waals surface area contributed by atoms with Crippen LogP contribution in [0.2, 0.25) is 0 Å². The number of ether oxygens (including phenoxy) is 1. The zero-order chi connectivity index (χ0) is 14.1. The van der Waals surface area contributed by atoms with Gasteiger partial charge >= 0.3 is 0 Å². The largest absolute Gasteiger partial charge is 0.395 e. The maximum absolute atomic E-state index is 12.0. The lowest BCUT2D eigenvalue weighted by atomic mass is 10.2. The Bertz CT molecular complexity index is 256. The first kappa shape index (κ1) is 16.4. The number of nitrogens with zero attached hydrogens (tertiary/aromatic N) is 2. The summed E-state index contributed by atoms with van der Waals surface area (Å²) < 4.78 is 4.95. The Morgan fingerprint density at radius 3 is 2.63 bits per heavy atom. The predicted octanol–water partition coefficient (Wildman–Crippen LogP) is -0.862. The lowest BCUT2D eigenvalue weighted by molar-refractivity contribution is -0.126. The number of carbonyl (C=O) groups excluding carboxylic acids is 1. The van der Waals surface area contributed by atoms with Gasteiger partial charge in [-0.25, -0.2) is 0 Å². The number of carbonyl (C=O) groups is 1. The normalized spacial score (nSPS) is 19.3. The third-order valence-electron chi connectivity index (χ3n) is 3.57. The molecule has 2 N–H and O–H groups in total. The Hall–Kier alpha value is -0.690. The van der Waals surface area contributed by atoms with Crippen LogP contribution >= 0.6 is 0 Å². The average molecular weight is 273 g/mol. The van der Waals surface area contributed by atoms with Crippen molar-refractivity contribution in [2.45, 2.75) is 19.4 Å². The molecule has 0 aromatic rings. The topological polar surface area (TPSA) is 65.0 Å². The van der Waals surface area contributed by atoms with E-state index in [1.165, 1.54) is 0 Å². The molecule has 1 aliphatic heterocycles. The first-order valence-electron chi connectivity index (χ1n) is 7.03. The second-order valence-electron chi connectivity index (χ2n) is 4.91. The minimum Gasteiger partial charge on any atom is -0.395 e. The number of aliphatic hydroxyl groups is 1. The molecule has 1 heterocycles. The number of piperazine rings is 1. The second-order valence-corrected chi connectivity index (χ2v) is 4.91. The van der Waals surface area contributed by atoms with Gasteiger partial charge in [0.15, 0.2) is 0 Å². The van der Waals surface area contributed by atoms with Gasteiger partial charge in [-0.1, -0.05) is 0 Å². The lowest BCUT2D eigenvalue weighted by Gasteiger charge is -2.37. The van der Waals surface area contributed by atoms with E-state index in [1.54, 1.807) is 7.11 Å². The van der Waals surface area contributed by atoms with E-state index < -0.39 is 0 Å². The van der Waals surface area contributed by atoms with Gasteiger partial charge in [-0.15, -0.1) is 0 Å². The third kappa shape index (κ3) is 5.86. The van der Waals surface area contributed by atoms with Gasteiger partial charge in [0.25, 0.3) is 0 Å². The summed E-state index contributed by atoms with van der Waals surface area (Å²) in [4.78, 5) is 16.4. The molecule has 1 rings (SSSR count). The number of hydrogen-bond acceptors (Lipinski definition) is 5. The Labute approximate surface area is 115 Å². The van der Waals surface area contributed by atoms with Crippen molar-refractivity contribution in [2.24, 2.45) is 0 Å². The van der Waals surface area contributed by atoms with Crippen molar-refractivity contribution >= 4 is 5.91 Å². The Morgan fingerprint density at radius 1 is 1.37 bits per heavy atom. The van der Waals surface area contributed by atoms with Gasteiger partial charge in [0, 0.05) is 53.0 Å². The molecule has 1 aliphatic rings. The second kappa shape index (κ2) is 9.25. The zero-order valence-corrected chi connectivity index (χ0v) is 12.1. The summed E-state index contributed by atoms with van der Waals surface area (Å²) in [6.07, 6.45) is 0.846. The average Bonchev–Trinajstić information content (AvgIpc) is 2.44. The van der Waals surface area contributed by atoms with E-state index in [2.05, 4.69) is 15.1 Å². The van der Waals surface area contributed by atoms with E-state index >= 15 is 0 Å². The van der Waals surface area contributed by atoms with Crippen molar-refractivity contribution in [1.82, 2.24) is 15.1 Å². The van der Waals surface area contributed by atoms with Crippen molar-refractivity contribution in [3.63, 3.8) is 0 Å². The van der Waals surface area contributed by atoms with Crippen LogP contribution in [0.25, 0.3) is 0 Å².